The Labute approximate surface area is 190 Å². The van der Waals surface area contributed by atoms with E-state index in [1.807, 2.05) is 56.3 Å². The van der Waals surface area contributed by atoms with Gasteiger partial charge in [0.2, 0.25) is 12.6 Å². The number of urea groups is 1. The van der Waals surface area contributed by atoms with Gasteiger partial charge in [-0.15, -0.1) is 0 Å². The number of ether oxygens (including phenoxy) is 3. The Kier molecular flexibility index (Phi) is 5.47. The van der Waals surface area contributed by atoms with E-state index in [1.165, 1.54) is 0 Å². The first kappa shape index (κ1) is 21.0. The van der Waals surface area contributed by atoms with E-state index in [9.17, 15) is 4.79 Å². The smallest absolute Gasteiger partial charge is 0.322 e. The molecule has 0 spiro atoms. The lowest BCUT2D eigenvalue weighted by atomic mass is 9.94. The summed E-state index contributed by atoms with van der Waals surface area (Å²) in [5.41, 5.74) is 4.29. The molecular formula is C24H24N4O5. The highest BCUT2D eigenvalue weighted by Crippen LogP contribution is 2.39. The summed E-state index contributed by atoms with van der Waals surface area (Å²) in [5.74, 6) is 2.09. The molecule has 2 aliphatic rings. The number of nitrogens with one attached hydrogen (secondary N) is 1. The second kappa shape index (κ2) is 8.59. The van der Waals surface area contributed by atoms with E-state index < -0.39 is 6.04 Å². The predicted molar refractivity (Wildman–Crippen MR) is 119 cm³/mol. The molecule has 9 nitrogen and oxygen atoms in total. The van der Waals surface area contributed by atoms with Gasteiger partial charge in [-0.2, -0.15) is 4.98 Å². The number of carbonyl (C=O) groups excluding carboxylic acids is 1. The number of allylic oxidation sites excluding steroid dienone is 1. The van der Waals surface area contributed by atoms with Gasteiger partial charge in [0.1, 0.15) is 0 Å². The second-order valence-corrected chi connectivity index (χ2v) is 7.93. The zero-order valence-corrected chi connectivity index (χ0v) is 18.6. The maximum absolute atomic E-state index is 12.9. The number of nitrogens with zero attached hydrogens (tertiary/aromatic N) is 3. The molecule has 1 N–H and O–H groups in total. The van der Waals surface area contributed by atoms with Gasteiger partial charge < -0.3 is 24.1 Å². The van der Waals surface area contributed by atoms with Gasteiger partial charge in [-0.1, -0.05) is 35.0 Å². The largest absolute Gasteiger partial charge is 0.454 e. The SMILES string of the molecule is COCCN1C(=O)NC(c2ccc(C)cc2)C(c2nc(-c3ccc4c(c3)OCO4)no2)=C1C. The average Bonchev–Trinajstić information content (AvgIpc) is 3.48. The molecule has 33 heavy (non-hydrogen) atoms. The fourth-order valence-corrected chi connectivity index (χ4v) is 4.00. The minimum atomic E-state index is -0.429. The van der Waals surface area contributed by atoms with E-state index >= 15 is 0 Å². The van der Waals surface area contributed by atoms with Crippen LogP contribution in [-0.2, 0) is 4.74 Å². The highest BCUT2D eigenvalue weighted by atomic mass is 16.7. The minimum absolute atomic E-state index is 0.192. The second-order valence-electron chi connectivity index (χ2n) is 7.93. The third kappa shape index (κ3) is 3.91. The Morgan fingerprint density at radius 3 is 2.70 bits per heavy atom. The minimum Gasteiger partial charge on any atom is -0.454 e. The Morgan fingerprint density at radius 1 is 1.12 bits per heavy atom. The van der Waals surface area contributed by atoms with Crippen molar-refractivity contribution in [2.45, 2.75) is 19.9 Å². The summed E-state index contributed by atoms with van der Waals surface area (Å²) >= 11 is 0. The molecule has 2 aromatic carbocycles. The van der Waals surface area contributed by atoms with Gasteiger partial charge in [0.05, 0.1) is 24.8 Å². The number of rotatable bonds is 6. The van der Waals surface area contributed by atoms with Gasteiger partial charge in [0.25, 0.3) is 5.89 Å². The summed E-state index contributed by atoms with van der Waals surface area (Å²) in [6.45, 7) is 4.90. The number of hydrogen-bond donors (Lipinski definition) is 1. The molecule has 0 saturated heterocycles. The first-order chi connectivity index (χ1) is 16.0. The molecule has 0 saturated carbocycles. The van der Waals surface area contributed by atoms with E-state index in [1.54, 1.807) is 12.0 Å². The fraction of sp³-hybridized carbons (Fsp3) is 0.292. The number of carbonyl (C=O) groups is 1. The van der Waals surface area contributed by atoms with Gasteiger partial charge in [0, 0.05) is 18.4 Å². The van der Waals surface area contributed by atoms with Crippen molar-refractivity contribution >= 4 is 11.6 Å². The quantitative estimate of drug-likeness (QED) is 0.610. The van der Waals surface area contributed by atoms with Gasteiger partial charge in [-0.25, -0.2) is 4.79 Å². The van der Waals surface area contributed by atoms with E-state index in [0.717, 1.165) is 28.0 Å². The number of aryl methyl sites for hydroxylation is 1. The number of methoxy groups -OCH3 is 1. The molecule has 0 fully saturated rings. The summed E-state index contributed by atoms with van der Waals surface area (Å²) < 4.78 is 21.7. The van der Waals surface area contributed by atoms with E-state index in [4.69, 9.17) is 18.7 Å². The molecule has 0 aliphatic carbocycles. The molecule has 0 radical (unpaired) electrons. The van der Waals surface area contributed by atoms with Gasteiger partial charge in [0.15, 0.2) is 11.5 Å². The Hall–Kier alpha value is -3.85. The van der Waals surface area contributed by atoms with Crippen LogP contribution in [0.4, 0.5) is 4.79 Å². The molecule has 0 bridgehead atoms. The van der Waals surface area contributed by atoms with Crippen LogP contribution in [0.3, 0.4) is 0 Å². The van der Waals surface area contributed by atoms with E-state index in [2.05, 4.69) is 15.5 Å². The lowest BCUT2D eigenvalue weighted by molar-refractivity contribution is 0.158. The summed E-state index contributed by atoms with van der Waals surface area (Å²) in [4.78, 5) is 19.2. The highest BCUT2D eigenvalue weighted by molar-refractivity contribution is 5.86. The zero-order chi connectivity index (χ0) is 22.9. The average molecular weight is 448 g/mol. The van der Waals surface area contributed by atoms with Crippen LogP contribution in [0.15, 0.2) is 52.7 Å². The van der Waals surface area contributed by atoms with Crippen molar-refractivity contribution in [1.29, 1.82) is 0 Å². The number of benzene rings is 2. The first-order valence-electron chi connectivity index (χ1n) is 10.6. The predicted octanol–water partition coefficient (Wildman–Crippen LogP) is 3.92. The highest BCUT2D eigenvalue weighted by Gasteiger charge is 2.35. The third-order valence-electron chi connectivity index (χ3n) is 5.81. The maximum Gasteiger partial charge on any atom is 0.322 e. The van der Waals surface area contributed by atoms with Crippen molar-refractivity contribution in [2.75, 3.05) is 27.1 Å². The zero-order valence-electron chi connectivity index (χ0n) is 18.6. The molecule has 1 unspecified atom stereocenters. The van der Waals surface area contributed by atoms with Crippen LogP contribution < -0.4 is 14.8 Å². The standard InChI is InChI=1S/C24H24N4O5/c1-14-4-6-16(7-5-14)21-20(15(2)28(10-11-30-3)24(29)25-21)23-26-22(27-33-23)17-8-9-18-19(12-17)32-13-31-18/h4-9,12,21H,10-11,13H2,1-3H3,(H,25,29). The van der Waals surface area contributed by atoms with Crippen molar-refractivity contribution in [3.05, 3.63) is 65.2 Å². The van der Waals surface area contributed by atoms with Crippen LogP contribution in [0.5, 0.6) is 11.5 Å². The lowest BCUT2D eigenvalue weighted by Gasteiger charge is -2.35. The normalized spacial score (nSPS) is 17.5. The van der Waals surface area contributed by atoms with Gasteiger partial charge in [-0.3, -0.25) is 4.90 Å². The monoisotopic (exact) mass is 448 g/mol. The molecule has 3 heterocycles. The van der Waals surface area contributed by atoms with Crippen LogP contribution in [0.2, 0.25) is 0 Å². The molecule has 2 aliphatic heterocycles. The molecule has 5 rings (SSSR count). The van der Waals surface area contributed by atoms with Crippen molar-refractivity contribution in [2.24, 2.45) is 0 Å². The molecule has 9 heteroatoms. The van der Waals surface area contributed by atoms with E-state index in [-0.39, 0.29) is 12.8 Å². The topological polar surface area (TPSA) is 99.0 Å². The van der Waals surface area contributed by atoms with Crippen LogP contribution in [0.25, 0.3) is 17.0 Å². The van der Waals surface area contributed by atoms with Crippen molar-refractivity contribution in [1.82, 2.24) is 20.4 Å². The Balaban J connectivity index is 1.56. The summed E-state index contributed by atoms with van der Waals surface area (Å²) in [7, 11) is 1.60. The van der Waals surface area contributed by atoms with Crippen molar-refractivity contribution in [3.8, 4) is 22.9 Å². The van der Waals surface area contributed by atoms with Gasteiger partial charge in [-0.05, 0) is 37.6 Å². The lowest BCUT2D eigenvalue weighted by Crippen LogP contribution is -2.47. The van der Waals surface area contributed by atoms with Crippen LogP contribution in [0.1, 0.15) is 30.0 Å². The molecule has 170 valence electrons. The van der Waals surface area contributed by atoms with Crippen LogP contribution in [-0.4, -0.2) is 48.1 Å². The molecule has 1 aromatic heterocycles. The third-order valence-corrected chi connectivity index (χ3v) is 5.81. The number of amides is 2. The summed E-state index contributed by atoms with van der Waals surface area (Å²) in [6, 6.07) is 12.9. The molecule has 3 aromatic rings. The number of hydrogen-bond acceptors (Lipinski definition) is 7. The van der Waals surface area contributed by atoms with Crippen LogP contribution in [0, 0.1) is 6.92 Å². The van der Waals surface area contributed by atoms with Crippen LogP contribution >= 0.6 is 0 Å². The van der Waals surface area contributed by atoms with Gasteiger partial charge >= 0.3 is 6.03 Å². The summed E-state index contributed by atoms with van der Waals surface area (Å²) in [5, 5.41) is 7.28. The van der Waals surface area contributed by atoms with Crippen molar-refractivity contribution < 1.29 is 23.5 Å². The van der Waals surface area contributed by atoms with Crippen molar-refractivity contribution in [3.63, 3.8) is 0 Å². The maximum atomic E-state index is 12.9. The number of aromatic nitrogens is 2. The molecule has 2 amide bonds. The fourth-order valence-electron chi connectivity index (χ4n) is 4.00. The molecule has 1 atom stereocenters. The van der Waals surface area contributed by atoms with E-state index in [0.29, 0.717) is 36.4 Å². The Morgan fingerprint density at radius 2 is 1.91 bits per heavy atom. The first-order valence-corrected chi connectivity index (χ1v) is 10.6. The number of fused-ring (bicyclic) bond motifs is 1. The Bertz CT molecular complexity index is 1220. The molecular weight excluding hydrogens is 424 g/mol. The summed E-state index contributed by atoms with van der Waals surface area (Å²) in [6.07, 6.45) is 0.